The van der Waals surface area contributed by atoms with E-state index in [0.717, 1.165) is 37.3 Å². The molecule has 1 amide bonds. The van der Waals surface area contributed by atoms with Crippen molar-refractivity contribution in [3.63, 3.8) is 0 Å². The van der Waals surface area contributed by atoms with Crippen LogP contribution in [0.3, 0.4) is 0 Å². The Bertz CT molecular complexity index is 967. The predicted octanol–water partition coefficient (Wildman–Crippen LogP) is 4.14. The second-order valence-corrected chi connectivity index (χ2v) is 9.88. The molecule has 2 aromatic carbocycles. The van der Waals surface area contributed by atoms with Gasteiger partial charge < -0.3 is 19.4 Å². The highest BCUT2D eigenvalue weighted by atomic mass is 16.5. The number of benzene rings is 2. The Balaban J connectivity index is 1.50. The largest absolute Gasteiger partial charge is 0.486 e. The standard InChI is InChI=1S/C27H35N3O2/c1-27(2,3)23-11-9-21(10-12-23)20-30-17-18-32-25(26(30)31)19-22-7-5-6-8-24(22)29-15-13-28(4)14-16-29/h5-12,19H,13-18,20H2,1-4H3/b25-19-. The molecule has 5 nitrogen and oxygen atoms in total. The smallest absolute Gasteiger partial charge is 0.289 e. The molecule has 2 aliphatic heterocycles. The maximum Gasteiger partial charge on any atom is 0.289 e. The molecule has 0 radical (unpaired) electrons. The van der Waals surface area contributed by atoms with Crippen LogP contribution in [0.15, 0.2) is 54.3 Å². The summed E-state index contributed by atoms with van der Waals surface area (Å²) in [7, 11) is 2.16. The highest BCUT2D eigenvalue weighted by Crippen LogP contribution is 2.27. The monoisotopic (exact) mass is 433 g/mol. The molecule has 2 heterocycles. The molecule has 2 aromatic rings. The minimum Gasteiger partial charge on any atom is -0.486 e. The van der Waals surface area contributed by atoms with Crippen LogP contribution in [0.5, 0.6) is 0 Å². The summed E-state index contributed by atoms with van der Waals surface area (Å²) in [6.07, 6.45) is 1.92. The summed E-state index contributed by atoms with van der Waals surface area (Å²) in [4.78, 5) is 19.8. The Kier molecular flexibility index (Phi) is 6.56. The number of nitrogens with zero attached hydrogens (tertiary/aromatic N) is 3. The van der Waals surface area contributed by atoms with Crippen molar-refractivity contribution in [2.45, 2.75) is 32.7 Å². The zero-order valence-corrected chi connectivity index (χ0v) is 19.8. The molecule has 0 aromatic heterocycles. The number of hydrogen-bond donors (Lipinski definition) is 0. The zero-order valence-electron chi connectivity index (χ0n) is 19.8. The highest BCUT2D eigenvalue weighted by Gasteiger charge is 2.26. The van der Waals surface area contributed by atoms with Crippen LogP contribution in [0.1, 0.15) is 37.5 Å². The normalized spacial score (nSPS) is 19.4. The van der Waals surface area contributed by atoms with Crippen molar-refractivity contribution in [2.24, 2.45) is 0 Å². The molecule has 2 aliphatic rings. The summed E-state index contributed by atoms with van der Waals surface area (Å²) >= 11 is 0. The summed E-state index contributed by atoms with van der Waals surface area (Å²) in [5.41, 5.74) is 4.78. The lowest BCUT2D eigenvalue weighted by Gasteiger charge is -2.35. The quantitative estimate of drug-likeness (QED) is 0.679. The van der Waals surface area contributed by atoms with Crippen molar-refractivity contribution >= 4 is 17.7 Å². The number of carbonyl (C=O) groups excluding carboxylic acids is 1. The third-order valence-corrected chi connectivity index (χ3v) is 6.38. The van der Waals surface area contributed by atoms with Gasteiger partial charge in [0.25, 0.3) is 5.91 Å². The fourth-order valence-corrected chi connectivity index (χ4v) is 4.26. The second kappa shape index (κ2) is 9.37. The summed E-state index contributed by atoms with van der Waals surface area (Å²) < 4.78 is 5.83. The van der Waals surface area contributed by atoms with Crippen LogP contribution in [-0.2, 0) is 21.5 Å². The van der Waals surface area contributed by atoms with Crippen LogP contribution in [0.25, 0.3) is 6.08 Å². The molecule has 0 atom stereocenters. The molecular formula is C27H35N3O2. The molecule has 0 aliphatic carbocycles. The third-order valence-electron chi connectivity index (χ3n) is 6.38. The maximum absolute atomic E-state index is 13.2. The van der Waals surface area contributed by atoms with E-state index in [4.69, 9.17) is 4.74 Å². The number of hydrogen-bond acceptors (Lipinski definition) is 4. The summed E-state index contributed by atoms with van der Waals surface area (Å²) in [6, 6.07) is 16.9. The second-order valence-electron chi connectivity index (χ2n) is 9.88. The number of amides is 1. The molecule has 32 heavy (non-hydrogen) atoms. The fourth-order valence-electron chi connectivity index (χ4n) is 4.26. The molecule has 0 N–H and O–H groups in total. The first-order chi connectivity index (χ1) is 15.3. The van der Waals surface area contributed by atoms with E-state index in [2.05, 4.69) is 80.1 Å². The van der Waals surface area contributed by atoms with Gasteiger partial charge in [0.2, 0.25) is 0 Å². The van der Waals surface area contributed by atoms with Gasteiger partial charge in [0.15, 0.2) is 5.76 Å². The van der Waals surface area contributed by atoms with Crippen LogP contribution < -0.4 is 4.90 Å². The minimum atomic E-state index is -0.0377. The first-order valence-corrected chi connectivity index (χ1v) is 11.6. The third kappa shape index (κ3) is 5.16. The van der Waals surface area contributed by atoms with Crippen LogP contribution in [0.2, 0.25) is 0 Å². The van der Waals surface area contributed by atoms with Crippen LogP contribution >= 0.6 is 0 Å². The van der Waals surface area contributed by atoms with Crippen molar-refractivity contribution in [1.82, 2.24) is 9.80 Å². The number of ether oxygens (including phenoxy) is 1. The first kappa shape index (κ1) is 22.4. The van der Waals surface area contributed by atoms with Gasteiger partial charge in [-0.15, -0.1) is 0 Å². The van der Waals surface area contributed by atoms with Gasteiger partial charge in [-0.2, -0.15) is 0 Å². The van der Waals surface area contributed by atoms with Crippen molar-refractivity contribution in [3.8, 4) is 0 Å². The van der Waals surface area contributed by atoms with Gasteiger partial charge in [0.1, 0.15) is 6.61 Å². The number of morpholine rings is 1. The SMILES string of the molecule is CN1CCN(c2ccccc2/C=C2\OCCN(Cc3ccc(C(C)(C)C)cc3)C2=O)CC1. The van der Waals surface area contributed by atoms with E-state index in [0.29, 0.717) is 25.5 Å². The molecule has 5 heteroatoms. The molecule has 0 spiro atoms. The van der Waals surface area contributed by atoms with Gasteiger partial charge >= 0.3 is 0 Å². The van der Waals surface area contributed by atoms with Gasteiger partial charge in [-0.3, -0.25) is 4.79 Å². The number of para-hydroxylation sites is 1. The summed E-state index contributed by atoms with van der Waals surface area (Å²) in [5, 5.41) is 0. The van der Waals surface area contributed by atoms with Crippen molar-refractivity contribution in [3.05, 3.63) is 71.0 Å². The number of anilines is 1. The number of piperazine rings is 1. The molecule has 0 unspecified atom stereocenters. The molecule has 2 fully saturated rings. The van der Waals surface area contributed by atoms with E-state index in [-0.39, 0.29) is 11.3 Å². The van der Waals surface area contributed by atoms with Gasteiger partial charge in [-0.05, 0) is 35.7 Å². The van der Waals surface area contributed by atoms with E-state index < -0.39 is 0 Å². The molecule has 0 bridgehead atoms. The predicted molar refractivity (Wildman–Crippen MR) is 131 cm³/mol. The fraction of sp³-hybridized carbons (Fsp3) is 0.444. The van der Waals surface area contributed by atoms with Gasteiger partial charge in [0.05, 0.1) is 6.54 Å². The van der Waals surface area contributed by atoms with E-state index in [1.165, 1.54) is 11.3 Å². The molecular weight excluding hydrogens is 398 g/mol. The summed E-state index contributed by atoms with van der Waals surface area (Å²) in [6.45, 7) is 12.4. The average molecular weight is 434 g/mol. The number of carbonyl (C=O) groups is 1. The number of rotatable bonds is 4. The number of likely N-dealkylation sites (N-methyl/N-ethyl adjacent to an activating group) is 1. The van der Waals surface area contributed by atoms with E-state index in [9.17, 15) is 4.79 Å². The lowest BCUT2D eigenvalue weighted by molar-refractivity contribution is -0.136. The lowest BCUT2D eigenvalue weighted by Crippen LogP contribution is -2.44. The minimum absolute atomic E-state index is 0.0377. The van der Waals surface area contributed by atoms with Crippen LogP contribution in [-0.4, -0.2) is 62.1 Å². The Morgan fingerprint density at radius 3 is 2.31 bits per heavy atom. The summed E-state index contributed by atoms with van der Waals surface area (Å²) in [5.74, 6) is 0.397. The van der Waals surface area contributed by atoms with Crippen molar-refractivity contribution in [2.75, 3.05) is 51.3 Å². The average Bonchev–Trinajstić information content (AvgIpc) is 2.77. The van der Waals surface area contributed by atoms with Gasteiger partial charge in [-0.1, -0.05) is 63.2 Å². The zero-order chi connectivity index (χ0) is 22.7. The van der Waals surface area contributed by atoms with E-state index in [1.54, 1.807) is 0 Å². The van der Waals surface area contributed by atoms with Crippen LogP contribution in [0, 0.1) is 0 Å². The highest BCUT2D eigenvalue weighted by molar-refractivity contribution is 5.97. The van der Waals surface area contributed by atoms with E-state index >= 15 is 0 Å². The van der Waals surface area contributed by atoms with Gasteiger partial charge in [-0.25, -0.2) is 0 Å². The molecule has 2 saturated heterocycles. The topological polar surface area (TPSA) is 36.0 Å². The Labute approximate surface area is 192 Å². The maximum atomic E-state index is 13.2. The van der Waals surface area contributed by atoms with Crippen LogP contribution in [0.4, 0.5) is 5.69 Å². The molecule has 4 rings (SSSR count). The lowest BCUT2D eigenvalue weighted by atomic mass is 9.87. The Morgan fingerprint density at radius 2 is 1.62 bits per heavy atom. The van der Waals surface area contributed by atoms with Crippen molar-refractivity contribution < 1.29 is 9.53 Å². The van der Waals surface area contributed by atoms with E-state index in [1.807, 2.05) is 17.0 Å². The van der Waals surface area contributed by atoms with Crippen molar-refractivity contribution in [1.29, 1.82) is 0 Å². The van der Waals surface area contributed by atoms with Gasteiger partial charge in [0, 0.05) is 44.0 Å². The first-order valence-electron chi connectivity index (χ1n) is 11.6. The molecule has 0 saturated carbocycles. The Hall–Kier alpha value is -2.79. The molecule has 170 valence electrons. The Morgan fingerprint density at radius 1 is 0.938 bits per heavy atom.